The van der Waals surface area contributed by atoms with Crippen molar-refractivity contribution < 1.29 is 14.3 Å². The maximum absolute atomic E-state index is 12.3. The molecule has 0 saturated carbocycles. The van der Waals surface area contributed by atoms with Gasteiger partial charge in [-0.05, 0) is 36.8 Å². The van der Waals surface area contributed by atoms with Crippen LogP contribution < -0.4 is 15.8 Å². The van der Waals surface area contributed by atoms with E-state index in [-0.39, 0.29) is 6.03 Å². The summed E-state index contributed by atoms with van der Waals surface area (Å²) in [4.78, 5) is 29.0. The van der Waals surface area contributed by atoms with Gasteiger partial charge in [0.2, 0.25) is 11.8 Å². The highest BCUT2D eigenvalue weighted by Crippen LogP contribution is 2.21. The second-order valence-corrected chi connectivity index (χ2v) is 5.14. The largest absolute Gasteiger partial charge is 0.476 e. The molecule has 3 amide bonds. The van der Waals surface area contributed by atoms with Gasteiger partial charge in [-0.25, -0.2) is 9.78 Å². The molecule has 2 aromatic rings. The Hall–Kier alpha value is -3.09. The van der Waals surface area contributed by atoms with Gasteiger partial charge in [-0.3, -0.25) is 4.79 Å². The minimum atomic E-state index is -0.479. The number of ether oxygens (including phenoxy) is 1. The molecular weight excluding hydrogens is 308 g/mol. The topological polar surface area (TPSA) is 97.6 Å². The Bertz CT molecular complexity index is 716. The number of nitrogens with two attached hydrogens (primary N) is 1. The molecule has 7 nitrogen and oxygen atoms in total. The van der Waals surface area contributed by atoms with Crippen molar-refractivity contribution in [3.05, 3.63) is 53.7 Å². The first kappa shape index (κ1) is 17.3. The molecule has 0 spiro atoms. The highest BCUT2D eigenvalue weighted by atomic mass is 16.5. The van der Waals surface area contributed by atoms with E-state index < -0.39 is 5.91 Å². The molecule has 0 atom stereocenters. The van der Waals surface area contributed by atoms with Crippen LogP contribution in [0.3, 0.4) is 0 Å². The molecule has 0 radical (unpaired) electrons. The predicted molar refractivity (Wildman–Crippen MR) is 90.9 cm³/mol. The lowest BCUT2D eigenvalue weighted by Gasteiger charge is -2.19. The zero-order chi connectivity index (χ0) is 17.5. The second-order valence-electron chi connectivity index (χ2n) is 5.14. The normalized spacial score (nSPS) is 10.1. The van der Waals surface area contributed by atoms with Gasteiger partial charge in [-0.2, -0.15) is 0 Å². The Morgan fingerprint density at radius 2 is 1.96 bits per heavy atom. The number of amides is 3. The summed E-state index contributed by atoms with van der Waals surface area (Å²) in [7, 11) is 1.67. The van der Waals surface area contributed by atoms with E-state index in [4.69, 9.17) is 10.5 Å². The molecule has 126 valence electrons. The van der Waals surface area contributed by atoms with Crippen molar-refractivity contribution in [3.63, 3.8) is 0 Å². The molecule has 0 bridgehead atoms. The van der Waals surface area contributed by atoms with E-state index in [0.29, 0.717) is 30.3 Å². The molecular formula is C17H20N4O3. The number of rotatable bonds is 6. The molecule has 7 heteroatoms. The van der Waals surface area contributed by atoms with Gasteiger partial charge in [0.05, 0.1) is 6.61 Å². The number of carbonyl (C=O) groups is 2. The summed E-state index contributed by atoms with van der Waals surface area (Å²) >= 11 is 0. The maximum atomic E-state index is 12.3. The number of aromatic nitrogens is 1. The summed E-state index contributed by atoms with van der Waals surface area (Å²) in [5, 5.41) is 2.77. The lowest BCUT2D eigenvalue weighted by Crippen LogP contribution is -2.31. The molecule has 1 aromatic heterocycles. The van der Waals surface area contributed by atoms with Gasteiger partial charge in [0, 0.05) is 25.4 Å². The average molecular weight is 328 g/mol. The van der Waals surface area contributed by atoms with Crippen molar-refractivity contribution in [3.8, 4) is 5.88 Å². The zero-order valence-corrected chi connectivity index (χ0v) is 13.7. The Balaban J connectivity index is 2.01. The van der Waals surface area contributed by atoms with Crippen LogP contribution >= 0.6 is 0 Å². The molecule has 2 rings (SSSR count). The fourth-order valence-corrected chi connectivity index (χ4v) is 2.07. The zero-order valence-electron chi connectivity index (χ0n) is 13.7. The fourth-order valence-electron chi connectivity index (χ4n) is 2.07. The van der Waals surface area contributed by atoms with Gasteiger partial charge in [-0.1, -0.05) is 12.1 Å². The summed E-state index contributed by atoms with van der Waals surface area (Å²) in [5.41, 5.74) is 7.04. The lowest BCUT2D eigenvalue weighted by molar-refractivity contribution is 0.1000. The fraction of sp³-hybridized carbons (Fsp3) is 0.235. The average Bonchev–Trinajstić information content (AvgIpc) is 2.57. The van der Waals surface area contributed by atoms with Crippen LogP contribution in [-0.2, 0) is 6.54 Å². The minimum Gasteiger partial charge on any atom is -0.476 e. The monoisotopic (exact) mass is 328 g/mol. The van der Waals surface area contributed by atoms with Crippen LogP contribution in [0.5, 0.6) is 5.88 Å². The molecule has 24 heavy (non-hydrogen) atoms. The van der Waals surface area contributed by atoms with Crippen LogP contribution in [0.4, 0.5) is 10.5 Å². The number of urea groups is 1. The van der Waals surface area contributed by atoms with Crippen molar-refractivity contribution in [1.82, 2.24) is 9.88 Å². The van der Waals surface area contributed by atoms with E-state index in [9.17, 15) is 9.59 Å². The van der Waals surface area contributed by atoms with Crippen molar-refractivity contribution in [2.24, 2.45) is 5.73 Å². The Morgan fingerprint density at radius 3 is 2.58 bits per heavy atom. The summed E-state index contributed by atoms with van der Waals surface area (Å²) in [6.07, 6.45) is 1.60. The van der Waals surface area contributed by atoms with E-state index in [1.165, 1.54) is 4.90 Å². The first-order chi connectivity index (χ1) is 11.5. The summed E-state index contributed by atoms with van der Waals surface area (Å²) in [6, 6.07) is 9.96. The van der Waals surface area contributed by atoms with Crippen molar-refractivity contribution in [1.29, 1.82) is 0 Å². The van der Waals surface area contributed by atoms with Crippen LogP contribution in [0.25, 0.3) is 0 Å². The minimum absolute atomic E-state index is 0.289. The van der Waals surface area contributed by atoms with E-state index in [0.717, 1.165) is 5.56 Å². The smallest absolute Gasteiger partial charge is 0.322 e. The number of benzene rings is 1. The quantitative estimate of drug-likeness (QED) is 0.849. The Kier molecular flexibility index (Phi) is 5.73. The molecule has 0 unspecified atom stereocenters. The Morgan fingerprint density at radius 1 is 1.25 bits per heavy atom. The van der Waals surface area contributed by atoms with Crippen LogP contribution in [0.2, 0.25) is 0 Å². The molecule has 3 N–H and O–H groups in total. The lowest BCUT2D eigenvalue weighted by atomic mass is 10.1. The van der Waals surface area contributed by atoms with E-state index in [2.05, 4.69) is 10.3 Å². The van der Waals surface area contributed by atoms with Gasteiger partial charge in [0.25, 0.3) is 0 Å². The molecule has 0 aliphatic heterocycles. The standard InChI is InChI=1S/C17H20N4O3/c1-3-24-16-14(5-4-10-19-16)20-17(23)21(2)11-12-6-8-13(9-7-12)15(18)22/h4-10H,3,11H2,1-2H3,(H2,18,22)(H,20,23). The SMILES string of the molecule is CCOc1ncccc1NC(=O)N(C)Cc1ccc(C(N)=O)cc1. The molecule has 1 heterocycles. The van der Waals surface area contributed by atoms with Gasteiger partial charge in [0.1, 0.15) is 5.69 Å². The summed E-state index contributed by atoms with van der Waals surface area (Å²) in [6.45, 7) is 2.69. The second kappa shape index (κ2) is 7.96. The van der Waals surface area contributed by atoms with E-state index in [1.54, 1.807) is 49.6 Å². The number of carbonyl (C=O) groups excluding carboxylic acids is 2. The number of primary amides is 1. The molecule has 0 aliphatic carbocycles. The van der Waals surface area contributed by atoms with Crippen LogP contribution in [-0.4, -0.2) is 35.5 Å². The summed E-state index contributed by atoms with van der Waals surface area (Å²) < 4.78 is 5.38. The number of hydrogen-bond acceptors (Lipinski definition) is 4. The number of anilines is 1. The molecule has 0 saturated heterocycles. The van der Waals surface area contributed by atoms with Gasteiger partial charge < -0.3 is 20.7 Å². The van der Waals surface area contributed by atoms with Crippen molar-refractivity contribution in [2.45, 2.75) is 13.5 Å². The molecule has 1 aromatic carbocycles. The van der Waals surface area contributed by atoms with Gasteiger partial charge in [-0.15, -0.1) is 0 Å². The third kappa shape index (κ3) is 4.45. The van der Waals surface area contributed by atoms with E-state index in [1.807, 2.05) is 6.92 Å². The number of pyridine rings is 1. The van der Waals surface area contributed by atoms with Crippen LogP contribution in [0.15, 0.2) is 42.6 Å². The van der Waals surface area contributed by atoms with Gasteiger partial charge in [0.15, 0.2) is 0 Å². The molecule has 0 fully saturated rings. The number of hydrogen-bond donors (Lipinski definition) is 2. The first-order valence-corrected chi connectivity index (χ1v) is 7.50. The van der Waals surface area contributed by atoms with Crippen molar-refractivity contribution >= 4 is 17.6 Å². The highest BCUT2D eigenvalue weighted by molar-refractivity contribution is 5.93. The summed E-state index contributed by atoms with van der Waals surface area (Å²) in [5.74, 6) is -0.0970. The van der Waals surface area contributed by atoms with E-state index >= 15 is 0 Å². The number of nitrogens with one attached hydrogen (secondary N) is 1. The maximum Gasteiger partial charge on any atom is 0.322 e. The third-order valence-electron chi connectivity index (χ3n) is 3.30. The van der Waals surface area contributed by atoms with Gasteiger partial charge >= 0.3 is 6.03 Å². The molecule has 0 aliphatic rings. The van der Waals surface area contributed by atoms with Crippen LogP contribution in [0.1, 0.15) is 22.8 Å². The number of nitrogens with zero attached hydrogens (tertiary/aromatic N) is 2. The van der Waals surface area contributed by atoms with Crippen molar-refractivity contribution in [2.75, 3.05) is 19.0 Å². The highest BCUT2D eigenvalue weighted by Gasteiger charge is 2.13. The first-order valence-electron chi connectivity index (χ1n) is 7.50. The third-order valence-corrected chi connectivity index (χ3v) is 3.30. The Labute approximate surface area is 140 Å². The predicted octanol–water partition coefficient (Wildman–Crippen LogP) is 2.24. The van der Waals surface area contributed by atoms with Crippen LogP contribution in [0, 0.1) is 0 Å².